The minimum Gasteiger partial charge on any atom is -0.459 e. The standard InChI is InChI=1S/C38H54N4O12/c1-37(2)19-25(31(33(47)51-15-11-43)34(48)52-16-12-44)27(23-39)29(21-37)41-9-7-5-6-8-10-42-30-22-38(3,4)20-26(28(30)24-40)32(35(49)53-17-13-45)36(50)54-18-14-46/h41-46H,5-22H2,1-4H3. The fourth-order valence-electron chi connectivity index (χ4n) is 6.34. The predicted octanol–water partition coefficient (Wildman–Crippen LogP) is 1.66. The number of nitrogens with one attached hydrogen (secondary N) is 2. The molecule has 0 heterocycles. The van der Waals surface area contributed by atoms with Crippen LogP contribution in [0.5, 0.6) is 0 Å². The van der Waals surface area contributed by atoms with E-state index in [2.05, 4.69) is 22.8 Å². The zero-order valence-electron chi connectivity index (χ0n) is 31.7. The molecule has 0 aromatic rings. The molecule has 0 aliphatic heterocycles. The van der Waals surface area contributed by atoms with Gasteiger partial charge < -0.3 is 50.0 Å². The molecule has 0 amide bonds. The number of nitrogens with zero attached hydrogens (tertiary/aromatic N) is 2. The van der Waals surface area contributed by atoms with Crippen molar-refractivity contribution >= 4 is 23.9 Å². The van der Waals surface area contributed by atoms with E-state index in [1.807, 2.05) is 27.7 Å². The van der Waals surface area contributed by atoms with Crippen LogP contribution in [0.15, 0.2) is 44.8 Å². The highest BCUT2D eigenvalue weighted by Gasteiger charge is 2.38. The van der Waals surface area contributed by atoms with Crippen LogP contribution in [-0.2, 0) is 38.1 Å². The molecule has 54 heavy (non-hydrogen) atoms. The Morgan fingerprint density at radius 2 is 0.852 bits per heavy atom. The molecular formula is C38H54N4O12. The van der Waals surface area contributed by atoms with E-state index >= 15 is 0 Å². The van der Waals surface area contributed by atoms with Crippen molar-refractivity contribution in [2.24, 2.45) is 10.8 Å². The number of esters is 4. The van der Waals surface area contributed by atoms with Gasteiger partial charge in [0.1, 0.15) is 49.7 Å². The lowest BCUT2D eigenvalue weighted by molar-refractivity contribution is -0.150. The summed E-state index contributed by atoms with van der Waals surface area (Å²) in [6.07, 6.45) is 4.47. The maximum atomic E-state index is 12.9. The van der Waals surface area contributed by atoms with E-state index in [-0.39, 0.29) is 61.6 Å². The third-order valence-electron chi connectivity index (χ3n) is 8.55. The molecule has 0 radical (unpaired) electrons. The first-order chi connectivity index (χ1) is 25.7. The van der Waals surface area contributed by atoms with Gasteiger partial charge in [-0.2, -0.15) is 10.5 Å². The van der Waals surface area contributed by atoms with Crippen LogP contribution in [0, 0.1) is 33.5 Å². The van der Waals surface area contributed by atoms with Gasteiger partial charge in [0, 0.05) is 24.5 Å². The molecule has 0 bridgehead atoms. The first-order valence-corrected chi connectivity index (χ1v) is 18.0. The van der Waals surface area contributed by atoms with Crippen LogP contribution < -0.4 is 10.6 Å². The van der Waals surface area contributed by atoms with Crippen LogP contribution in [0.3, 0.4) is 0 Å². The van der Waals surface area contributed by atoms with Gasteiger partial charge in [0.2, 0.25) is 0 Å². The van der Waals surface area contributed by atoms with Crippen LogP contribution in [0.25, 0.3) is 0 Å². The maximum Gasteiger partial charge on any atom is 0.345 e. The van der Waals surface area contributed by atoms with Gasteiger partial charge in [-0.3, -0.25) is 0 Å². The first-order valence-electron chi connectivity index (χ1n) is 18.0. The Balaban J connectivity index is 2.17. The Kier molecular flexibility index (Phi) is 18.9. The quantitative estimate of drug-likeness (QED) is 0.0243. The Hall–Kier alpha value is -4.74. The largest absolute Gasteiger partial charge is 0.459 e. The van der Waals surface area contributed by atoms with Crippen LogP contribution >= 0.6 is 0 Å². The van der Waals surface area contributed by atoms with Crippen LogP contribution in [0.2, 0.25) is 0 Å². The molecule has 298 valence electrons. The van der Waals surface area contributed by atoms with Crippen molar-refractivity contribution < 1.29 is 58.6 Å². The fraction of sp³-hybridized carbons (Fsp3) is 0.632. The predicted molar refractivity (Wildman–Crippen MR) is 192 cm³/mol. The summed E-state index contributed by atoms with van der Waals surface area (Å²) in [6, 6.07) is 4.27. The van der Waals surface area contributed by atoms with Gasteiger partial charge in [-0.05, 0) is 60.5 Å². The fourth-order valence-corrected chi connectivity index (χ4v) is 6.34. The van der Waals surface area contributed by atoms with Crippen molar-refractivity contribution in [2.45, 2.75) is 79.1 Å². The van der Waals surface area contributed by atoms with Crippen LogP contribution in [-0.4, -0.2) is 110 Å². The maximum absolute atomic E-state index is 12.9. The molecule has 16 heteroatoms. The number of nitriles is 2. The molecular weight excluding hydrogens is 704 g/mol. The number of aliphatic hydroxyl groups is 4. The molecule has 16 nitrogen and oxygen atoms in total. The number of unbranched alkanes of at least 4 members (excludes halogenated alkanes) is 3. The van der Waals surface area contributed by atoms with Crippen molar-refractivity contribution in [3.8, 4) is 12.1 Å². The molecule has 0 atom stereocenters. The molecule has 0 aromatic carbocycles. The second-order valence-corrected chi connectivity index (χ2v) is 14.4. The zero-order valence-corrected chi connectivity index (χ0v) is 31.7. The van der Waals surface area contributed by atoms with E-state index in [9.17, 15) is 29.7 Å². The monoisotopic (exact) mass is 758 g/mol. The second-order valence-electron chi connectivity index (χ2n) is 14.4. The van der Waals surface area contributed by atoms with Gasteiger partial charge in [0.25, 0.3) is 0 Å². The van der Waals surface area contributed by atoms with Crippen LogP contribution in [0.1, 0.15) is 79.1 Å². The molecule has 2 rings (SSSR count). The molecule has 0 aromatic heterocycles. The summed E-state index contributed by atoms with van der Waals surface area (Å²) >= 11 is 0. The van der Waals surface area contributed by atoms with Gasteiger partial charge in [0.15, 0.2) is 0 Å². The van der Waals surface area contributed by atoms with E-state index in [1.165, 1.54) is 0 Å². The lowest BCUT2D eigenvalue weighted by atomic mass is 9.72. The topological polar surface area (TPSA) is 258 Å². The molecule has 0 saturated heterocycles. The Morgan fingerprint density at radius 1 is 0.556 bits per heavy atom. The Labute approximate surface area is 316 Å². The average Bonchev–Trinajstić information content (AvgIpc) is 3.11. The van der Waals surface area contributed by atoms with Gasteiger partial charge in [0.05, 0.1) is 37.6 Å². The minimum atomic E-state index is -1.02. The first kappa shape index (κ1) is 45.4. The summed E-state index contributed by atoms with van der Waals surface area (Å²) < 4.78 is 20.1. The van der Waals surface area contributed by atoms with E-state index in [0.29, 0.717) is 37.3 Å². The Morgan fingerprint density at radius 3 is 1.11 bits per heavy atom. The lowest BCUT2D eigenvalue weighted by Gasteiger charge is -2.34. The summed E-state index contributed by atoms with van der Waals surface area (Å²) in [4.78, 5) is 51.7. The third kappa shape index (κ3) is 13.6. The van der Waals surface area contributed by atoms with Crippen molar-refractivity contribution in [1.82, 2.24) is 10.6 Å². The highest BCUT2D eigenvalue weighted by atomic mass is 16.6. The molecule has 2 aliphatic rings. The van der Waals surface area contributed by atoms with Gasteiger partial charge in [-0.1, -0.05) is 40.5 Å². The number of hydrogen-bond donors (Lipinski definition) is 6. The number of aliphatic hydroxyl groups excluding tert-OH is 4. The summed E-state index contributed by atoms with van der Waals surface area (Å²) in [6.45, 7) is 5.55. The summed E-state index contributed by atoms with van der Waals surface area (Å²) in [5.74, 6) is -4.10. The summed E-state index contributed by atoms with van der Waals surface area (Å²) in [7, 11) is 0. The van der Waals surface area contributed by atoms with Crippen LogP contribution in [0.4, 0.5) is 0 Å². The summed E-state index contributed by atoms with van der Waals surface area (Å²) in [5.41, 5.74) is 0.0442. The number of hydrogen-bond acceptors (Lipinski definition) is 16. The number of ether oxygens (including phenoxy) is 4. The molecule has 0 fully saturated rings. The molecule has 6 N–H and O–H groups in total. The summed E-state index contributed by atoms with van der Waals surface area (Å²) in [5, 5.41) is 63.5. The van der Waals surface area contributed by atoms with Gasteiger partial charge in [-0.15, -0.1) is 0 Å². The number of rotatable bonds is 21. The van der Waals surface area contributed by atoms with E-state index in [0.717, 1.165) is 25.7 Å². The third-order valence-corrected chi connectivity index (χ3v) is 8.55. The highest BCUT2D eigenvalue weighted by Crippen LogP contribution is 2.43. The zero-order chi connectivity index (χ0) is 40.3. The highest BCUT2D eigenvalue weighted by molar-refractivity contribution is 6.16. The van der Waals surface area contributed by atoms with Crippen molar-refractivity contribution in [3.63, 3.8) is 0 Å². The molecule has 0 saturated carbocycles. The van der Waals surface area contributed by atoms with Crippen molar-refractivity contribution in [3.05, 3.63) is 44.8 Å². The minimum absolute atomic E-state index is 0.146. The van der Waals surface area contributed by atoms with Crippen molar-refractivity contribution in [2.75, 3.05) is 65.9 Å². The number of allylic oxidation sites excluding steroid dienone is 6. The normalized spacial score (nSPS) is 16.1. The average molecular weight is 759 g/mol. The van der Waals surface area contributed by atoms with E-state index < -0.39 is 72.3 Å². The van der Waals surface area contributed by atoms with Gasteiger partial charge >= 0.3 is 23.9 Å². The smallest absolute Gasteiger partial charge is 0.345 e. The number of carbonyl (C=O) groups is 4. The van der Waals surface area contributed by atoms with E-state index in [4.69, 9.17) is 39.4 Å². The SMILES string of the molecule is CC1(C)CC(NCCCCCCNC2=C(C#N)C(=C(C(=O)OCCO)C(=O)OCCO)CC(C)(C)C2)=C(C#N)C(=C(C(=O)OCCO)C(=O)OCCO)C1. The molecule has 0 spiro atoms. The molecule has 2 aliphatic carbocycles. The second kappa shape index (κ2) is 22.5. The van der Waals surface area contributed by atoms with Crippen molar-refractivity contribution in [1.29, 1.82) is 10.5 Å². The van der Waals surface area contributed by atoms with Gasteiger partial charge in [-0.25, -0.2) is 19.2 Å². The Bertz CT molecular complexity index is 1420. The van der Waals surface area contributed by atoms with E-state index in [1.54, 1.807) is 0 Å². The number of carbonyl (C=O) groups excluding carboxylic acids is 4. The molecule has 0 unspecified atom stereocenters. The lowest BCUT2D eigenvalue weighted by Crippen LogP contribution is -2.31.